The van der Waals surface area contributed by atoms with Crippen LogP contribution in [0.3, 0.4) is 0 Å². The molecule has 0 saturated heterocycles. The first-order valence-electron chi connectivity index (χ1n) is 12.5. The van der Waals surface area contributed by atoms with Crippen LogP contribution >= 0.6 is 0 Å². The molecule has 8 nitrogen and oxygen atoms in total. The molecule has 0 bridgehead atoms. The van der Waals surface area contributed by atoms with E-state index in [1.54, 1.807) is 44.2 Å². The number of ether oxygens (including phenoxy) is 1. The number of carbonyl (C=O) groups excluding carboxylic acids is 1. The standard InChI is InChI=1S/C28H31F2N3O5S/c1-18-15-33(19(2)17-34)39(36,37)27-13-10-21(20-8-11-22(29)12-9-20)14-25(27)38-26(18)16-32(3)28(35)31-24-7-5-4-6-23(24)30/h4-14,18-19,26,34H,15-17H2,1-3H3,(H,31,35)/t18-,19-,26-/m1/s1. The molecule has 39 heavy (non-hydrogen) atoms. The first kappa shape index (κ1) is 28.5. The second-order valence-corrected chi connectivity index (χ2v) is 11.6. The minimum absolute atomic E-state index is 0.0318. The van der Waals surface area contributed by atoms with Gasteiger partial charge in [-0.15, -0.1) is 0 Å². The van der Waals surface area contributed by atoms with Gasteiger partial charge in [0.15, 0.2) is 0 Å². The second kappa shape index (κ2) is 11.7. The summed E-state index contributed by atoms with van der Waals surface area (Å²) in [7, 11) is -2.52. The average molecular weight is 560 g/mol. The molecule has 208 valence electrons. The lowest BCUT2D eigenvalue weighted by Crippen LogP contribution is -2.50. The van der Waals surface area contributed by atoms with E-state index in [1.165, 1.54) is 52.7 Å². The van der Waals surface area contributed by atoms with Crippen LogP contribution in [0.4, 0.5) is 19.3 Å². The zero-order valence-corrected chi connectivity index (χ0v) is 22.7. The monoisotopic (exact) mass is 559 g/mol. The fourth-order valence-electron chi connectivity index (χ4n) is 4.39. The predicted molar refractivity (Wildman–Crippen MR) is 144 cm³/mol. The van der Waals surface area contributed by atoms with Gasteiger partial charge in [0.1, 0.15) is 28.4 Å². The maximum atomic E-state index is 14.1. The van der Waals surface area contributed by atoms with Crippen molar-refractivity contribution >= 4 is 21.7 Å². The summed E-state index contributed by atoms with van der Waals surface area (Å²) in [5.74, 6) is -1.30. The highest BCUT2D eigenvalue weighted by Crippen LogP contribution is 2.36. The summed E-state index contributed by atoms with van der Waals surface area (Å²) in [6.07, 6.45) is -0.660. The molecule has 4 rings (SSSR count). The van der Waals surface area contributed by atoms with Crippen molar-refractivity contribution in [2.24, 2.45) is 5.92 Å². The van der Waals surface area contributed by atoms with Gasteiger partial charge < -0.3 is 20.1 Å². The van der Waals surface area contributed by atoms with Crippen LogP contribution in [0.2, 0.25) is 0 Å². The van der Waals surface area contributed by atoms with Gasteiger partial charge in [-0.05, 0) is 54.4 Å². The zero-order chi connectivity index (χ0) is 28.3. The Hall–Kier alpha value is -3.54. The molecule has 0 spiro atoms. The quantitative estimate of drug-likeness (QED) is 0.461. The highest BCUT2D eigenvalue weighted by Gasteiger charge is 2.38. The molecule has 0 saturated carbocycles. The molecule has 1 aliphatic rings. The number of nitrogens with one attached hydrogen (secondary N) is 1. The number of likely N-dealkylation sites (N-methyl/N-ethyl adjacent to an activating group) is 1. The number of rotatable bonds is 6. The smallest absolute Gasteiger partial charge is 0.321 e. The van der Waals surface area contributed by atoms with Gasteiger partial charge >= 0.3 is 6.03 Å². The zero-order valence-electron chi connectivity index (χ0n) is 21.8. The van der Waals surface area contributed by atoms with Gasteiger partial charge in [0.05, 0.1) is 18.8 Å². The molecule has 2 N–H and O–H groups in total. The molecule has 11 heteroatoms. The number of benzene rings is 3. The maximum absolute atomic E-state index is 14.1. The number of carbonyl (C=O) groups is 1. The Kier molecular flexibility index (Phi) is 8.53. The summed E-state index contributed by atoms with van der Waals surface area (Å²) in [5, 5.41) is 12.4. The van der Waals surface area contributed by atoms with Crippen LogP contribution in [0.1, 0.15) is 13.8 Å². The number of aliphatic hydroxyl groups excluding tert-OH is 1. The Morgan fingerprint density at radius 3 is 2.46 bits per heavy atom. The third kappa shape index (κ3) is 6.21. The second-order valence-electron chi connectivity index (χ2n) is 9.70. The van der Waals surface area contributed by atoms with E-state index in [2.05, 4.69) is 5.32 Å². The number of anilines is 1. The number of nitrogens with zero attached hydrogens (tertiary/aromatic N) is 2. The fraction of sp³-hybridized carbons (Fsp3) is 0.321. The molecule has 0 unspecified atom stereocenters. The number of para-hydroxylation sites is 1. The molecule has 3 atom stereocenters. The number of halogens is 2. The average Bonchev–Trinajstić information content (AvgIpc) is 2.91. The van der Waals surface area contributed by atoms with Crippen LogP contribution < -0.4 is 10.1 Å². The largest absolute Gasteiger partial charge is 0.487 e. The lowest BCUT2D eigenvalue weighted by atomic mass is 10.0. The number of fused-ring (bicyclic) bond motifs is 1. The lowest BCUT2D eigenvalue weighted by molar-refractivity contribution is 0.0830. The lowest BCUT2D eigenvalue weighted by Gasteiger charge is -2.37. The molecular formula is C28H31F2N3O5S. The van der Waals surface area contributed by atoms with E-state index in [4.69, 9.17) is 4.74 Å². The summed E-state index contributed by atoms with van der Waals surface area (Å²) in [6, 6.07) is 14.9. The number of urea groups is 1. The predicted octanol–water partition coefficient (Wildman–Crippen LogP) is 4.56. The first-order chi connectivity index (χ1) is 18.5. The van der Waals surface area contributed by atoms with Crippen LogP contribution in [0.25, 0.3) is 11.1 Å². The number of hydrogen-bond donors (Lipinski definition) is 2. The van der Waals surface area contributed by atoms with E-state index in [1.807, 2.05) is 0 Å². The summed E-state index contributed by atoms with van der Waals surface area (Å²) < 4.78 is 62.4. The third-order valence-electron chi connectivity index (χ3n) is 6.76. The highest BCUT2D eigenvalue weighted by molar-refractivity contribution is 7.89. The van der Waals surface area contributed by atoms with Crippen molar-refractivity contribution in [1.82, 2.24) is 9.21 Å². The van der Waals surface area contributed by atoms with Crippen molar-refractivity contribution in [2.75, 3.05) is 32.1 Å². The molecule has 3 aromatic carbocycles. The Labute approximate surface area is 226 Å². The fourth-order valence-corrected chi connectivity index (χ4v) is 6.22. The Morgan fingerprint density at radius 2 is 1.79 bits per heavy atom. The molecule has 3 aromatic rings. The van der Waals surface area contributed by atoms with Gasteiger partial charge in [-0.3, -0.25) is 0 Å². The highest BCUT2D eigenvalue weighted by atomic mass is 32.2. The SMILES string of the molecule is C[C@@H]1CN([C@H](C)CO)S(=O)(=O)c2ccc(-c3ccc(F)cc3)cc2O[C@@H]1CN(C)C(=O)Nc1ccccc1F. The van der Waals surface area contributed by atoms with E-state index in [0.717, 1.165) is 0 Å². The van der Waals surface area contributed by atoms with Gasteiger partial charge in [0.25, 0.3) is 0 Å². The van der Waals surface area contributed by atoms with Gasteiger partial charge in [-0.2, -0.15) is 4.31 Å². The normalized spacial score (nSPS) is 19.6. The topological polar surface area (TPSA) is 99.2 Å². The van der Waals surface area contributed by atoms with Gasteiger partial charge in [-0.1, -0.05) is 37.3 Å². The summed E-state index contributed by atoms with van der Waals surface area (Å²) in [6.45, 7) is 3.13. The molecule has 1 aliphatic heterocycles. The maximum Gasteiger partial charge on any atom is 0.321 e. The van der Waals surface area contributed by atoms with E-state index in [9.17, 15) is 27.1 Å². The minimum atomic E-state index is -4.05. The van der Waals surface area contributed by atoms with Crippen LogP contribution in [-0.4, -0.2) is 67.7 Å². The Morgan fingerprint density at radius 1 is 1.13 bits per heavy atom. The van der Waals surface area contributed by atoms with Crippen molar-refractivity contribution < 1.29 is 31.8 Å². The molecule has 0 aromatic heterocycles. The molecule has 0 fully saturated rings. The van der Waals surface area contributed by atoms with E-state index in [-0.39, 0.29) is 36.0 Å². The van der Waals surface area contributed by atoms with Crippen molar-refractivity contribution in [1.29, 1.82) is 0 Å². The van der Waals surface area contributed by atoms with E-state index >= 15 is 0 Å². The van der Waals surface area contributed by atoms with Crippen molar-refractivity contribution in [2.45, 2.75) is 30.9 Å². The van der Waals surface area contributed by atoms with Gasteiger partial charge in [0.2, 0.25) is 10.0 Å². The van der Waals surface area contributed by atoms with Crippen molar-refractivity contribution in [3.8, 4) is 16.9 Å². The van der Waals surface area contributed by atoms with Crippen LogP contribution in [0, 0.1) is 17.6 Å². The molecule has 1 heterocycles. The summed E-state index contributed by atoms with van der Waals surface area (Å²) in [5.41, 5.74) is 1.31. The van der Waals surface area contributed by atoms with Crippen molar-refractivity contribution in [3.05, 3.63) is 78.4 Å². The van der Waals surface area contributed by atoms with Crippen LogP contribution in [-0.2, 0) is 10.0 Å². The molecule has 0 aliphatic carbocycles. The molecule has 0 radical (unpaired) electrons. The van der Waals surface area contributed by atoms with E-state index in [0.29, 0.717) is 11.1 Å². The van der Waals surface area contributed by atoms with Crippen LogP contribution in [0.5, 0.6) is 5.75 Å². The molecular weight excluding hydrogens is 528 g/mol. The molecule has 2 amide bonds. The Balaban J connectivity index is 1.69. The number of sulfonamides is 1. The van der Waals surface area contributed by atoms with Gasteiger partial charge in [0, 0.05) is 25.6 Å². The summed E-state index contributed by atoms with van der Waals surface area (Å²) >= 11 is 0. The van der Waals surface area contributed by atoms with Crippen LogP contribution in [0.15, 0.2) is 71.6 Å². The summed E-state index contributed by atoms with van der Waals surface area (Å²) in [4.78, 5) is 14.1. The Bertz CT molecular complexity index is 1440. The number of aliphatic hydroxyl groups is 1. The van der Waals surface area contributed by atoms with E-state index < -0.39 is 45.8 Å². The number of amides is 2. The first-order valence-corrected chi connectivity index (χ1v) is 13.9. The van der Waals surface area contributed by atoms with Crippen molar-refractivity contribution in [3.63, 3.8) is 0 Å². The minimum Gasteiger partial charge on any atom is -0.487 e. The van der Waals surface area contributed by atoms with Gasteiger partial charge in [-0.25, -0.2) is 22.0 Å². The number of hydrogen-bond acceptors (Lipinski definition) is 5. The third-order valence-corrected chi connectivity index (χ3v) is 8.78.